The summed E-state index contributed by atoms with van der Waals surface area (Å²) in [6.07, 6.45) is 3.90. The van der Waals surface area contributed by atoms with Crippen LogP contribution in [-0.4, -0.2) is 13.2 Å². The lowest BCUT2D eigenvalue weighted by molar-refractivity contribution is 0.386. The van der Waals surface area contributed by atoms with Crippen molar-refractivity contribution < 1.29 is 13.5 Å². The number of benzene rings is 1. The fourth-order valence-electron chi connectivity index (χ4n) is 2.02. The van der Waals surface area contributed by atoms with Crippen molar-refractivity contribution >= 4 is 0 Å². The standard InChI is InChI=1S/C15H18FNO2/c1-18-15-7-4-11(10-14(15)16)9-12(17)5-6-13-3-2-8-19-13/h2-4,7-8,10,12H,5-6,9,17H2,1H3. The summed E-state index contributed by atoms with van der Waals surface area (Å²) in [4.78, 5) is 0. The Morgan fingerprint density at radius 1 is 1.37 bits per heavy atom. The second-order valence-electron chi connectivity index (χ2n) is 4.55. The van der Waals surface area contributed by atoms with Crippen molar-refractivity contribution in [3.05, 3.63) is 53.7 Å². The SMILES string of the molecule is COc1ccc(CC(N)CCc2ccco2)cc1F. The van der Waals surface area contributed by atoms with Gasteiger partial charge in [-0.15, -0.1) is 0 Å². The van der Waals surface area contributed by atoms with Crippen LogP contribution in [0.25, 0.3) is 0 Å². The van der Waals surface area contributed by atoms with Gasteiger partial charge in [-0.1, -0.05) is 6.07 Å². The smallest absolute Gasteiger partial charge is 0.165 e. The molecule has 4 heteroatoms. The third-order valence-corrected chi connectivity index (χ3v) is 3.06. The van der Waals surface area contributed by atoms with Crippen LogP contribution in [-0.2, 0) is 12.8 Å². The maximum Gasteiger partial charge on any atom is 0.165 e. The fourth-order valence-corrected chi connectivity index (χ4v) is 2.02. The van der Waals surface area contributed by atoms with Crippen molar-refractivity contribution in [2.45, 2.75) is 25.3 Å². The number of furan rings is 1. The molecule has 0 saturated heterocycles. The number of hydrogen-bond acceptors (Lipinski definition) is 3. The van der Waals surface area contributed by atoms with Gasteiger partial charge in [0, 0.05) is 12.5 Å². The normalized spacial score (nSPS) is 12.4. The molecule has 0 saturated carbocycles. The summed E-state index contributed by atoms with van der Waals surface area (Å²) in [5.41, 5.74) is 6.93. The first-order valence-electron chi connectivity index (χ1n) is 6.29. The van der Waals surface area contributed by atoms with Crippen molar-refractivity contribution in [1.82, 2.24) is 0 Å². The zero-order valence-corrected chi connectivity index (χ0v) is 10.9. The Morgan fingerprint density at radius 2 is 2.21 bits per heavy atom. The molecule has 0 aliphatic rings. The summed E-state index contributed by atoms with van der Waals surface area (Å²) in [7, 11) is 1.45. The summed E-state index contributed by atoms with van der Waals surface area (Å²) < 4.78 is 23.7. The van der Waals surface area contributed by atoms with Crippen LogP contribution in [0.3, 0.4) is 0 Å². The first kappa shape index (κ1) is 13.6. The van der Waals surface area contributed by atoms with Gasteiger partial charge in [-0.25, -0.2) is 4.39 Å². The van der Waals surface area contributed by atoms with E-state index in [4.69, 9.17) is 14.9 Å². The number of rotatable bonds is 6. The summed E-state index contributed by atoms with van der Waals surface area (Å²) in [6.45, 7) is 0. The molecule has 2 rings (SSSR count). The molecular formula is C15H18FNO2. The molecule has 1 aromatic carbocycles. The third kappa shape index (κ3) is 3.83. The molecule has 19 heavy (non-hydrogen) atoms. The topological polar surface area (TPSA) is 48.4 Å². The number of halogens is 1. The van der Waals surface area contributed by atoms with Crippen LogP contribution in [0.2, 0.25) is 0 Å². The van der Waals surface area contributed by atoms with Crippen molar-refractivity contribution in [2.75, 3.05) is 7.11 Å². The molecule has 0 aliphatic heterocycles. The maximum atomic E-state index is 13.5. The van der Waals surface area contributed by atoms with Gasteiger partial charge in [0.25, 0.3) is 0 Å². The minimum absolute atomic E-state index is 0.0158. The number of aryl methyl sites for hydroxylation is 1. The van der Waals surface area contributed by atoms with Gasteiger partial charge < -0.3 is 14.9 Å². The molecule has 0 radical (unpaired) electrons. The summed E-state index contributed by atoms with van der Waals surface area (Å²) in [5, 5.41) is 0. The predicted octanol–water partition coefficient (Wildman–Crippen LogP) is 2.93. The Balaban J connectivity index is 1.88. The molecule has 0 spiro atoms. The van der Waals surface area contributed by atoms with E-state index < -0.39 is 0 Å². The van der Waals surface area contributed by atoms with Crippen LogP contribution < -0.4 is 10.5 Å². The van der Waals surface area contributed by atoms with Crippen LogP contribution >= 0.6 is 0 Å². The van der Waals surface area contributed by atoms with E-state index in [9.17, 15) is 4.39 Å². The van der Waals surface area contributed by atoms with Crippen LogP contribution in [0.4, 0.5) is 4.39 Å². The number of nitrogens with two attached hydrogens (primary N) is 1. The molecule has 1 heterocycles. The van der Waals surface area contributed by atoms with Crippen LogP contribution in [0.5, 0.6) is 5.75 Å². The molecule has 2 aromatic rings. The molecule has 1 aromatic heterocycles. The number of ether oxygens (including phenoxy) is 1. The van der Waals surface area contributed by atoms with Gasteiger partial charge in [0.05, 0.1) is 13.4 Å². The highest BCUT2D eigenvalue weighted by Gasteiger charge is 2.09. The summed E-state index contributed by atoms with van der Waals surface area (Å²) >= 11 is 0. The van der Waals surface area contributed by atoms with Gasteiger partial charge in [-0.05, 0) is 42.7 Å². The third-order valence-electron chi connectivity index (χ3n) is 3.06. The van der Waals surface area contributed by atoms with Crippen molar-refractivity contribution in [3.63, 3.8) is 0 Å². The zero-order valence-electron chi connectivity index (χ0n) is 10.9. The van der Waals surface area contributed by atoms with Crippen molar-refractivity contribution in [3.8, 4) is 5.75 Å². The average Bonchev–Trinajstić information content (AvgIpc) is 2.90. The van der Waals surface area contributed by atoms with E-state index in [1.54, 1.807) is 12.3 Å². The highest BCUT2D eigenvalue weighted by molar-refractivity contribution is 5.29. The molecule has 1 unspecified atom stereocenters. The average molecular weight is 263 g/mol. The molecule has 0 fully saturated rings. The van der Waals surface area contributed by atoms with E-state index in [-0.39, 0.29) is 17.6 Å². The molecule has 0 amide bonds. The molecule has 3 nitrogen and oxygen atoms in total. The molecule has 0 bridgehead atoms. The van der Waals surface area contributed by atoms with Gasteiger partial charge in [0.2, 0.25) is 0 Å². The largest absolute Gasteiger partial charge is 0.494 e. The van der Waals surface area contributed by atoms with Gasteiger partial charge >= 0.3 is 0 Å². The number of methoxy groups -OCH3 is 1. The first-order chi connectivity index (χ1) is 9.19. The van der Waals surface area contributed by atoms with Gasteiger partial charge in [-0.2, -0.15) is 0 Å². The Kier molecular flexibility index (Phi) is 4.58. The van der Waals surface area contributed by atoms with E-state index in [1.807, 2.05) is 18.2 Å². The van der Waals surface area contributed by atoms with E-state index in [2.05, 4.69) is 0 Å². The van der Waals surface area contributed by atoms with Crippen molar-refractivity contribution in [1.29, 1.82) is 0 Å². The van der Waals surface area contributed by atoms with E-state index >= 15 is 0 Å². The quantitative estimate of drug-likeness (QED) is 0.871. The summed E-state index contributed by atoms with van der Waals surface area (Å²) in [6, 6.07) is 8.72. The second kappa shape index (κ2) is 6.38. The van der Waals surface area contributed by atoms with Gasteiger partial charge in [0.1, 0.15) is 5.76 Å². The minimum atomic E-state index is -0.349. The van der Waals surface area contributed by atoms with Crippen LogP contribution in [0.1, 0.15) is 17.7 Å². The fraction of sp³-hybridized carbons (Fsp3) is 0.333. The van der Waals surface area contributed by atoms with E-state index in [0.717, 1.165) is 24.2 Å². The first-order valence-corrected chi connectivity index (χ1v) is 6.29. The Hall–Kier alpha value is -1.81. The Labute approximate surface area is 112 Å². The second-order valence-corrected chi connectivity index (χ2v) is 4.55. The molecule has 0 aliphatic carbocycles. The van der Waals surface area contributed by atoms with E-state index in [0.29, 0.717) is 6.42 Å². The lowest BCUT2D eigenvalue weighted by Crippen LogP contribution is -2.23. The number of hydrogen-bond donors (Lipinski definition) is 1. The van der Waals surface area contributed by atoms with Crippen LogP contribution in [0.15, 0.2) is 41.0 Å². The van der Waals surface area contributed by atoms with Crippen LogP contribution in [0, 0.1) is 5.82 Å². The zero-order chi connectivity index (χ0) is 13.7. The Morgan fingerprint density at radius 3 is 2.84 bits per heavy atom. The lowest BCUT2D eigenvalue weighted by atomic mass is 10.0. The monoisotopic (exact) mass is 263 g/mol. The molecule has 1 atom stereocenters. The van der Waals surface area contributed by atoms with Gasteiger partial charge in [-0.3, -0.25) is 0 Å². The maximum absolute atomic E-state index is 13.5. The van der Waals surface area contributed by atoms with Crippen molar-refractivity contribution in [2.24, 2.45) is 5.73 Å². The van der Waals surface area contributed by atoms with E-state index in [1.165, 1.54) is 13.2 Å². The Bertz CT molecular complexity index is 511. The summed E-state index contributed by atoms with van der Waals surface area (Å²) in [5.74, 6) is 0.836. The van der Waals surface area contributed by atoms with Gasteiger partial charge in [0.15, 0.2) is 11.6 Å². The molecule has 2 N–H and O–H groups in total. The highest BCUT2D eigenvalue weighted by Crippen LogP contribution is 2.19. The lowest BCUT2D eigenvalue weighted by Gasteiger charge is -2.11. The molecule has 102 valence electrons. The predicted molar refractivity (Wildman–Crippen MR) is 71.7 cm³/mol. The minimum Gasteiger partial charge on any atom is -0.494 e. The highest BCUT2D eigenvalue weighted by atomic mass is 19.1. The molecular weight excluding hydrogens is 245 g/mol.